The van der Waals surface area contributed by atoms with Crippen LogP contribution in [0.15, 0.2) is 24.4 Å². The molecule has 0 aliphatic heterocycles. The molecule has 0 aliphatic rings. The zero-order chi connectivity index (χ0) is 14.0. The monoisotopic (exact) mass is 278 g/mol. The molecule has 0 saturated heterocycles. The number of carbonyl (C=O) groups is 1. The number of benzene rings is 1. The molecule has 1 aromatic carbocycles. The van der Waals surface area contributed by atoms with Crippen LogP contribution in [0.1, 0.15) is 25.8 Å². The van der Waals surface area contributed by atoms with Gasteiger partial charge < -0.3 is 4.90 Å². The summed E-state index contributed by atoms with van der Waals surface area (Å²) in [6.07, 6.45) is 1.75. The molecule has 0 aliphatic carbocycles. The van der Waals surface area contributed by atoms with Crippen LogP contribution in [0, 0.1) is 19.7 Å². The van der Waals surface area contributed by atoms with Crippen LogP contribution in [0.4, 0.5) is 4.39 Å². The molecule has 3 nitrogen and oxygen atoms in total. The van der Waals surface area contributed by atoms with Gasteiger partial charge in [0.2, 0.25) is 0 Å². The minimum Gasteiger partial charge on any atom is -0.336 e. The maximum absolute atomic E-state index is 13.7. The van der Waals surface area contributed by atoms with Crippen LogP contribution in [0.2, 0.25) is 0 Å². The van der Waals surface area contributed by atoms with Gasteiger partial charge in [-0.15, -0.1) is 11.3 Å². The minimum absolute atomic E-state index is 0.115. The lowest BCUT2D eigenvalue weighted by Gasteiger charge is -2.16. The summed E-state index contributed by atoms with van der Waals surface area (Å²) < 4.78 is 13.7. The largest absolute Gasteiger partial charge is 0.336 e. The van der Waals surface area contributed by atoms with Crippen LogP contribution >= 0.6 is 11.3 Å². The predicted molar refractivity (Wildman–Crippen MR) is 73.8 cm³/mol. The van der Waals surface area contributed by atoms with E-state index in [2.05, 4.69) is 4.98 Å². The maximum atomic E-state index is 13.7. The Morgan fingerprint density at radius 3 is 2.79 bits per heavy atom. The van der Waals surface area contributed by atoms with Gasteiger partial charge in [-0.25, -0.2) is 9.37 Å². The SMILES string of the molecule is Cc1ccc(F)c(C(=O)N(C)Cc2cnc(C)s2)c1. The zero-order valence-corrected chi connectivity index (χ0v) is 11.9. The Bertz CT molecular complexity index is 609. The van der Waals surface area contributed by atoms with Gasteiger partial charge in [-0.2, -0.15) is 0 Å². The van der Waals surface area contributed by atoms with Crippen LogP contribution in [0.5, 0.6) is 0 Å². The quantitative estimate of drug-likeness (QED) is 0.864. The minimum atomic E-state index is -0.483. The average Bonchev–Trinajstić information content (AvgIpc) is 2.77. The van der Waals surface area contributed by atoms with Crippen molar-refractivity contribution in [1.29, 1.82) is 0 Å². The zero-order valence-electron chi connectivity index (χ0n) is 11.1. The van der Waals surface area contributed by atoms with Crippen molar-refractivity contribution in [2.75, 3.05) is 7.05 Å². The first kappa shape index (κ1) is 13.7. The van der Waals surface area contributed by atoms with Gasteiger partial charge in [-0.05, 0) is 26.0 Å². The molecular formula is C14H15FN2OS. The molecule has 0 radical (unpaired) electrons. The molecule has 19 heavy (non-hydrogen) atoms. The number of amides is 1. The summed E-state index contributed by atoms with van der Waals surface area (Å²) in [7, 11) is 1.67. The molecular weight excluding hydrogens is 263 g/mol. The number of halogens is 1. The molecule has 1 amide bonds. The lowest BCUT2D eigenvalue weighted by atomic mass is 10.1. The van der Waals surface area contributed by atoms with Crippen molar-refractivity contribution >= 4 is 17.2 Å². The fourth-order valence-electron chi connectivity index (χ4n) is 1.79. The number of rotatable bonds is 3. The third kappa shape index (κ3) is 3.17. The second-order valence-corrected chi connectivity index (χ2v) is 5.81. The number of aryl methyl sites for hydroxylation is 2. The van der Waals surface area contributed by atoms with E-state index in [9.17, 15) is 9.18 Å². The summed E-state index contributed by atoms with van der Waals surface area (Å²) in [5.41, 5.74) is 0.982. The fraction of sp³-hybridized carbons (Fsp3) is 0.286. The standard InChI is InChI=1S/C14H15FN2OS/c1-9-4-5-13(15)12(6-9)14(18)17(3)8-11-7-16-10(2)19-11/h4-7H,8H2,1-3H3. The fourth-order valence-corrected chi connectivity index (χ4v) is 2.64. The van der Waals surface area contributed by atoms with Crippen LogP contribution < -0.4 is 0 Å². The second-order valence-electron chi connectivity index (χ2n) is 4.49. The van der Waals surface area contributed by atoms with Gasteiger partial charge in [0.05, 0.1) is 17.1 Å². The Morgan fingerprint density at radius 2 is 2.16 bits per heavy atom. The summed E-state index contributed by atoms with van der Waals surface area (Å²) in [6.45, 7) is 4.19. The average molecular weight is 278 g/mol. The molecule has 1 heterocycles. The third-order valence-corrected chi connectivity index (χ3v) is 3.66. The van der Waals surface area contributed by atoms with Crippen molar-refractivity contribution < 1.29 is 9.18 Å². The van der Waals surface area contributed by atoms with Gasteiger partial charge in [0.15, 0.2) is 0 Å². The van der Waals surface area contributed by atoms with E-state index in [4.69, 9.17) is 0 Å². The highest BCUT2D eigenvalue weighted by Crippen LogP contribution is 2.17. The number of carbonyl (C=O) groups excluding carboxylic acids is 1. The Hall–Kier alpha value is -1.75. The molecule has 0 spiro atoms. The Kier molecular flexibility index (Phi) is 3.95. The first-order valence-electron chi connectivity index (χ1n) is 5.90. The molecule has 0 unspecified atom stereocenters. The number of aromatic nitrogens is 1. The molecule has 0 N–H and O–H groups in total. The van der Waals surface area contributed by atoms with Crippen molar-refractivity contribution in [3.63, 3.8) is 0 Å². The van der Waals surface area contributed by atoms with Gasteiger partial charge in [0.1, 0.15) is 5.82 Å². The topological polar surface area (TPSA) is 33.2 Å². The molecule has 100 valence electrons. The summed E-state index contributed by atoms with van der Waals surface area (Å²) in [4.78, 5) is 18.8. The van der Waals surface area contributed by atoms with Crippen LogP contribution in [0.3, 0.4) is 0 Å². The summed E-state index contributed by atoms with van der Waals surface area (Å²) in [5.74, 6) is -0.796. The van der Waals surface area contributed by atoms with Crippen molar-refractivity contribution in [3.8, 4) is 0 Å². The Balaban J connectivity index is 2.16. The maximum Gasteiger partial charge on any atom is 0.256 e. The van der Waals surface area contributed by atoms with Gasteiger partial charge in [-0.3, -0.25) is 4.79 Å². The molecule has 0 bridgehead atoms. The first-order valence-corrected chi connectivity index (χ1v) is 6.72. The smallest absolute Gasteiger partial charge is 0.256 e. The van der Waals surface area contributed by atoms with Gasteiger partial charge in [-0.1, -0.05) is 11.6 Å². The van der Waals surface area contributed by atoms with Gasteiger partial charge in [0, 0.05) is 18.1 Å². The summed E-state index contributed by atoms with van der Waals surface area (Å²) in [6, 6.07) is 4.55. The van der Waals surface area contributed by atoms with Crippen LogP contribution in [-0.4, -0.2) is 22.8 Å². The van der Waals surface area contributed by atoms with E-state index in [1.165, 1.54) is 22.3 Å². The van der Waals surface area contributed by atoms with Gasteiger partial charge >= 0.3 is 0 Å². The highest BCUT2D eigenvalue weighted by atomic mass is 32.1. The number of thiazole rings is 1. The van der Waals surface area contributed by atoms with Crippen LogP contribution in [0.25, 0.3) is 0 Å². The molecule has 0 atom stereocenters. The first-order chi connectivity index (χ1) is 8.97. The number of hydrogen-bond acceptors (Lipinski definition) is 3. The lowest BCUT2D eigenvalue weighted by molar-refractivity contribution is 0.0781. The molecule has 0 saturated carbocycles. The highest BCUT2D eigenvalue weighted by molar-refractivity contribution is 7.11. The van der Waals surface area contributed by atoms with E-state index in [-0.39, 0.29) is 11.5 Å². The molecule has 1 aromatic heterocycles. The van der Waals surface area contributed by atoms with E-state index in [1.54, 1.807) is 25.4 Å². The number of nitrogens with zero attached hydrogens (tertiary/aromatic N) is 2. The summed E-state index contributed by atoms with van der Waals surface area (Å²) >= 11 is 1.54. The van der Waals surface area contributed by atoms with E-state index < -0.39 is 5.82 Å². The van der Waals surface area contributed by atoms with E-state index in [0.717, 1.165) is 15.4 Å². The Morgan fingerprint density at radius 1 is 1.42 bits per heavy atom. The van der Waals surface area contributed by atoms with E-state index >= 15 is 0 Å². The summed E-state index contributed by atoms with van der Waals surface area (Å²) in [5, 5.41) is 0.956. The third-order valence-electron chi connectivity index (χ3n) is 2.76. The lowest BCUT2D eigenvalue weighted by Crippen LogP contribution is -2.26. The molecule has 5 heteroatoms. The normalized spacial score (nSPS) is 10.5. The van der Waals surface area contributed by atoms with Crippen molar-refractivity contribution in [2.45, 2.75) is 20.4 Å². The van der Waals surface area contributed by atoms with Crippen LogP contribution in [-0.2, 0) is 6.54 Å². The molecule has 2 aromatic rings. The molecule has 2 rings (SSSR count). The van der Waals surface area contributed by atoms with E-state index in [1.807, 2.05) is 13.8 Å². The predicted octanol–water partition coefficient (Wildman–Crippen LogP) is 3.17. The highest BCUT2D eigenvalue weighted by Gasteiger charge is 2.17. The Labute approximate surface area is 115 Å². The molecule has 0 fully saturated rings. The second kappa shape index (κ2) is 5.48. The van der Waals surface area contributed by atoms with Crippen molar-refractivity contribution in [3.05, 3.63) is 51.2 Å². The number of hydrogen-bond donors (Lipinski definition) is 0. The van der Waals surface area contributed by atoms with Gasteiger partial charge in [0.25, 0.3) is 5.91 Å². The van der Waals surface area contributed by atoms with Crippen molar-refractivity contribution in [1.82, 2.24) is 9.88 Å². The van der Waals surface area contributed by atoms with E-state index in [0.29, 0.717) is 6.54 Å². The van der Waals surface area contributed by atoms with Crippen molar-refractivity contribution in [2.24, 2.45) is 0 Å².